The summed E-state index contributed by atoms with van der Waals surface area (Å²) in [4.78, 5) is 11.6. The van der Waals surface area contributed by atoms with Gasteiger partial charge in [0.15, 0.2) is 0 Å². The average Bonchev–Trinajstić information content (AvgIpc) is 2.71. The van der Waals surface area contributed by atoms with Gasteiger partial charge in [-0.3, -0.25) is 4.79 Å². The third-order valence-corrected chi connectivity index (χ3v) is 3.15. The van der Waals surface area contributed by atoms with Gasteiger partial charge in [-0.1, -0.05) is 12.1 Å². The molecule has 0 saturated carbocycles. The molecule has 1 aromatic carbocycles. The highest BCUT2D eigenvalue weighted by molar-refractivity contribution is 5.85. The minimum atomic E-state index is -0.158. The van der Waals surface area contributed by atoms with Gasteiger partial charge in [-0.05, 0) is 37.1 Å². The van der Waals surface area contributed by atoms with E-state index in [0.29, 0.717) is 19.4 Å². The monoisotopic (exact) mass is 272 g/mol. The zero-order chi connectivity index (χ0) is 12.3. The molecule has 3 nitrogen and oxygen atoms in total. The molecular weight excluding hydrogens is 255 g/mol. The van der Waals surface area contributed by atoms with Crippen LogP contribution in [0.5, 0.6) is 0 Å². The highest BCUT2D eigenvalue weighted by Crippen LogP contribution is 2.32. The van der Waals surface area contributed by atoms with Crippen LogP contribution in [0, 0.1) is 5.82 Å². The van der Waals surface area contributed by atoms with Gasteiger partial charge in [-0.2, -0.15) is 0 Å². The van der Waals surface area contributed by atoms with Crippen LogP contribution in [-0.4, -0.2) is 19.5 Å². The molecule has 2 rings (SSSR count). The van der Waals surface area contributed by atoms with E-state index in [4.69, 9.17) is 0 Å². The molecule has 1 amide bonds. The van der Waals surface area contributed by atoms with Crippen LogP contribution in [0.1, 0.15) is 30.0 Å². The van der Waals surface area contributed by atoms with E-state index in [9.17, 15) is 9.18 Å². The Bertz CT molecular complexity index is 425. The van der Waals surface area contributed by atoms with Crippen LogP contribution in [0.15, 0.2) is 18.2 Å². The number of hydrogen-bond acceptors (Lipinski definition) is 2. The molecule has 0 saturated heterocycles. The predicted molar refractivity (Wildman–Crippen MR) is 71.4 cm³/mol. The number of amides is 1. The maximum Gasteiger partial charge on any atom is 0.221 e. The van der Waals surface area contributed by atoms with Crippen LogP contribution in [0.3, 0.4) is 0 Å². The quantitative estimate of drug-likeness (QED) is 0.880. The number of carbonyl (C=O) groups excluding carboxylic acids is 1. The molecule has 100 valence electrons. The zero-order valence-electron chi connectivity index (χ0n) is 10.3. The summed E-state index contributed by atoms with van der Waals surface area (Å²) in [5, 5.41) is 5.88. The number of rotatable bonds is 4. The van der Waals surface area contributed by atoms with Crippen LogP contribution < -0.4 is 10.6 Å². The van der Waals surface area contributed by atoms with E-state index in [1.54, 1.807) is 6.07 Å². The lowest BCUT2D eigenvalue weighted by atomic mass is 10.1. The highest BCUT2D eigenvalue weighted by Gasteiger charge is 2.25. The number of hydrogen-bond donors (Lipinski definition) is 2. The Morgan fingerprint density at radius 3 is 3.00 bits per heavy atom. The second-order valence-corrected chi connectivity index (χ2v) is 4.32. The fraction of sp³-hybridized carbons (Fsp3) is 0.462. The van der Waals surface area contributed by atoms with Crippen LogP contribution >= 0.6 is 12.4 Å². The number of benzene rings is 1. The first kappa shape index (κ1) is 14.9. The highest BCUT2D eigenvalue weighted by atomic mass is 35.5. The van der Waals surface area contributed by atoms with Crippen molar-refractivity contribution in [2.75, 3.05) is 13.6 Å². The number of fused-ring (bicyclic) bond motifs is 1. The van der Waals surface area contributed by atoms with Gasteiger partial charge in [-0.25, -0.2) is 4.39 Å². The van der Waals surface area contributed by atoms with Crippen molar-refractivity contribution < 1.29 is 9.18 Å². The summed E-state index contributed by atoms with van der Waals surface area (Å²) in [6.45, 7) is 0.661. The second kappa shape index (κ2) is 6.71. The van der Waals surface area contributed by atoms with E-state index in [1.807, 2.05) is 13.1 Å². The largest absolute Gasteiger partial charge is 0.349 e. The van der Waals surface area contributed by atoms with Crippen molar-refractivity contribution in [3.8, 4) is 0 Å². The lowest BCUT2D eigenvalue weighted by molar-refractivity contribution is -0.121. The second-order valence-electron chi connectivity index (χ2n) is 4.32. The Labute approximate surface area is 113 Å². The Morgan fingerprint density at radius 1 is 1.50 bits per heavy atom. The smallest absolute Gasteiger partial charge is 0.221 e. The molecule has 18 heavy (non-hydrogen) atoms. The fourth-order valence-corrected chi connectivity index (χ4v) is 2.26. The van der Waals surface area contributed by atoms with E-state index >= 15 is 0 Å². The molecule has 1 atom stereocenters. The van der Waals surface area contributed by atoms with Crippen molar-refractivity contribution >= 4 is 18.3 Å². The molecule has 0 fully saturated rings. The van der Waals surface area contributed by atoms with Gasteiger partial charge in [-0.15, -0.1) is 12.4 Å². The Balaban J connectivity index is 0.00000162. The van der Waals surface area contributed by atoms with Crippen LogP contribution in [0.4, 0.5) is 4.39 Å². The molecule has 0 spiro atoms. The molecule has 1 aliphatic rings. The minimum absolute atomic E-state index is 0. The third kappa shape index (κ3) is 3.21. The van der Waals surface area contributed by atoms with Crippen LogP contribution in [-0.2, 0) is 11.2 Å². The molecular formula is C13H18ClFN2O. The maximum atomic E-state index is 13.5. The van der Waals surface area contributed by atoms with Crippen LogP contribution in [0.25, 0.3) is 0 Å². The van der Waals surface area contributed by atoms with E-state index in [1.165, 1.54) is 6.07 Å². The molecule has 0 bridgehead atoms. The molecule has 0 heterocycles. The van der Waals surface area contributed by atoms with Crippen molar-refractivity contribution in [3.05, 3.63) is 35.1 Å². The van der Waals surface area contributed by atoms with Crippen molar-refractivity contribution in [3.63, 3.8) is 0 Å². The van der Waals surface area contributed by atoms with Crippen molar-refractivity contribution in [1.29, 1.82) is 0 Å². The Kier molecular flexibility index (Phi) is 5.56. The number of nitrogens with one attached hydrogen (secondary N) is 2. The first-order valence-electron chi connectivity index (χ1n) is 5.93. The Morgan fingerprint density at radius 2 is 2.28 bits per heavy atom. The van der Waals surface area contributed by atoms with E-state index in [-0.39, 0.29) is 30.2 Å². The Hall–Kier alpha value is -1.13. The van der Waals surface area contributed by atoms with Crippen molar-refractivity contribution in [2.45, 2.75) is 25.3 Å². The first-order chi connectivity index (χ1) is 8.22. The maximum absolute atomic E-state index is 13.5. The van der Waals surface area contributed by atoms with Gasteiger partial charge in [0.1, 0.15) is 5.82 Å². The summed E-state index contributed by atoms with van der Waals surface area (Å²) >= 11 is 0. The molecule has 2 N–H and O–H groups in total. The minimum Gasteiger partial charge on any atom is -0.349 e. The van der Waals surface area contributed by atoms with Gasteiger partial charge in [0, 0.05) is 13.0 Å². The molecule has 1 aliphatic carbocycles. The topological polar surface area (TPSA) is 41.1 Å². The molecule has 5 heteroatoms. The standard InChI is InChI=1S/C13H17FN2O.ClH/c1-15-8-7-13(17)16-12-6-5-9-10(12)3-2-4-11(9)14;/h2-4,12,15H,5-8H2,1H3,(H,16,17);1H. The molecule has 0 aliphatic heterocycles. The van der Waals surface area contributed by atoms with E-state index in [0.717, 1.165) is 17.5 Å². The van der Waals surface area contributed by atoms with E-state index in [2.05, 4.69) is 10.6 Å². The average molecular weight is 273 g/mol. The lowest BCUT2D eigenvalue weighted by Gasteiger charge is -2.14. The van der Waals surface area contributed by atoms with Gasteiger partial charge in [0.05, 0.1) is 6.04 Å². The van der Waals surface area contributed by atoms with E-state index < -0.39 is 0 Å². The fourth-order valence-electron chi connectivity index (χ4n) is 2.26. The molecule has 0 aromatic heterocycles. The van der Waals surface area contributed by atoms with Crippen molar-refractivity contribution in [1.82, 2.24) is 10.6 Å². The normalized spacial score (nSPS) is 16.9. The number of halogens is 2. The summed E-state index contributed by atoms with van der Waals surface area (Å²) in [7, 11) is 1.81. The van der Waals surface area contributed by atoms with Crippen molar-refractivity contribution in [2.24, 2.45) is 0 Å². The first-order valence-corrected chi connectivity index (χ1v) is 5.93. The van der Waals surface area contributed by atoms with Gasteiger partial charge < -0.3 is 10.6 Å². The summed E-state index contributed by atoms with van der Waals surface area (Å²) in [5.41, 5.74) is 1.69. The molecule has 1 unspecified atom stereocenters. The molecule has 1 aromatic rings. The van der Waals surface area contributed by atoms with Gasteiger partial charge >= 0.3 is 0 Å². The summed E-state index contributed by atoms with van der Waals surface area (Å²) in [5.74, 6) is -0.143. The van der Waals surface area contributed by atoms with Gasteiger partial charge in [0.2, 0.25) is 5.91 Å². The summed E-state index contributed by atoms with van der Waals surface area (Å²) < 4.78 is 13.5. The zero-order valence-corrected chi connectivity index (χ0v) is 11.1. The SMILES string of the molecule is CNCCC(=O)NC1CCc2c(F)cccc21.Cl. The summed E-state index contributed by atoms with van der Waals surface area (Å²) in [6, 6.07) is 5.05. The number of carbonyl (C=O) groups is 1. The third-order valence-electron chi connectivity index (χ3n) is 3.15. The van der Waals surface area contributed by atoms with Gasteiger partial charge in [0.25, 0.3) is 0 Å². The summed E-state index contributed by atoms with van der Waals surface area (Å²) in [6.07, 6.45) is 1.96. The molecule has 0 radical (unpaired) electrons. The lowest BCUT2D eigenvalue weighted by Crippen LogP contribution is -2.29. The van der Waals surface area contributed by atoms with Crippen LogP contribution in [0.2, 0.25) is 0 Å². The predicted octanol–water partition coefficient (Wildman–Crippen LogP) is 1.96.